The fourth-order valence-electron chi connectivity index (χ4n) is 3.80. The molecule has 146 valence electrons. The Labute approximate surface area is 162 Å². The van der Waals surface area contributed by atoms with Crippen molar-refractivity contribution in [2.24, 2.45) is 7.05 Å². The van der Waals surface area contributed by atoms with Crippen molar-refractivity contribution < 1.29 is 4.74 Å². The number of ether oxygens (including phenoxy) is 1. The van der Waals surface area contributed by atoms with E-state index < -0.39 is 0 Å². The van der Waals surface area contributed by atoms with Crippen LogP contribution in [0.3, 0.4) is 0 Å². The third-order valence-corrected chi connectivity index (χ3v) is 5.38. The Bertz CT molecular complexity index is 943. The highest BCUT2D eigenvalue weighted by Gasteiger charge is 2.22. The molecule has 0 radical (unpaired) electrons. The van der Waals surface area contributed by atoms with Crippen LogP contribution < -0.4 is 14.7 Å². The fourth-order valence-corrected chi connectivity index (χ4v) is 3.80. The molecule has 2 aliphatic rings. The summed E-state index contributed by atoms with van der Waals surface area (Å²) in [6.45, 7) is 6.72. The number of nitrogens with zero attached hydrogens (tertiary/aromatic N) is 9. The number of piperazine rings is 1. The molecule has 0 spiro atoms. The highest BCUT2D eigenvalue weighted by molar-refractivity contribution is 5.86. The van der Waals surface area contributed by atoms with E-state index in [1.54, 1.807) is 11.0 Å². The second-order valence-corrected chi connectivity index (χ2v) is 7.03. The maximum Gasteiger partial charge on any atom is 0.163 e. The van der Waals surface area contributed by atoms with Crippen molar-refractivity contribution in [3.63, 3.8) is 0 Å². The van der Waals surface area contributed by atoms with Crippen molar-refractivity contribution in [2.75, 3.05) is 67.2 Å². The van der Waals surface area contributed by atoms with Crippen LogP contribution in [0.2, 0.25) is 0 Å². The van der Waals surface area contributed by atoms with Crippen LogP contribution in [0.25, 0.3) is 11.0 Å². The van der Waals surface area contributed by atoms with Crippen LogP contribution in [-0.2, 0) is 11.8 Å². The van der Waals surface area contributed by atoms with Gasteiger partial charge in [0.2, 0.25) is 0 Å². The number of hydrogen-bond acceptors (Lipinski definition) is 9. The minimum absolute atomic E-state index is 0.749. The zero-order valence-electron chi connectivity index (χ0n) is 15.9. The number of aromatic nitrogens is 6. The summed E-state index contributed by atoms with van der Waals surface area (Å²) in [6, 6.07) is 4.13. The fraction of sp³-hybridized carbons (Fsp3) is 0.500. The first kappa shape index (κ1) is 17.1. The van der Waals surface area contributed by atoms with E-state index in [1.165, 1.54) is 0 Å². The van der Waals surface area contributed by atoms with Gasteiger partial charge in [0.15, 0.2) is 17.3 Å². The lowest BCUT2D eigenvalue weighted by molar-refractivity contribution is 0.122. The minimum atomic E-state index is 0.749. The number of anilines is 3. The number of fused-ring (bicyclic) bond motifs is 1. The summed E-state index contributed by atoms with van der Waals surface area (Å²) in [6.07, 6.45) is 3.45. The molecule has 2 aliphatic heterocycles. The predicted molar refractivity (Wildman–Crippen MR) is 106 cm³/mol. The van der Waals surface area contributed by atoms with Crippen LogP contribution in [0.4, 0.5) is 17.5 Å². The zero-order chi connectivity index (χ0) is 18.9. The van der Waals surface area contributed by atoms with Gasteiger partial charge in [0.1, 0.15) is 12.1 Å². The van der Waals surface area contributed by atoms with Gasteiger partial charge in [-0.25, -0.2) is 9.97 Å². The van der Waals surface area contributed by atoms with Crippen LogP contribution in [-0.4, -0.2) is 82.4 Å². The number of hydrogen-bond donors (Lipinski definition) is 0. The molecule has 2 saturated heterocycles. The Kier molecular flexibility index (Phi) is 4.40. The number of morpholine rings is 1. The molecule has 2 fully saturated rings. The normalized spacial score (nSPS) is 18.1. The summed E-state index contributed by atoms with van der Waals surface area (Å²) in [5, 5.41) is 14.2. The van der Waals surface area contributed by atoms with Crippen molar-refractivity contribution in [3.8, 4) is 0 Å². The zero-order valence-corrected chi connectivity index (χ0v) is 15.9. The van der Waals surface area contributed by atoms with Crippen molar-refractivity contribution in [2.45, 2.75) is 0 Å². The predicted octanol–water partition coefficient (Wildman–Crippen LogP) is 0.317. The van der Waals surface area contributed by atoms with Gasteiger partial charge in [-0.1, -0.05) is 0 Å². The van der Waals surface area contributed by atoms with E-state index in [0.717, 1.165) is 81.0 Å². The van der Waals surface area contributed by atoms with Crippen molar-refractivity contribution in [1.82, 2.24) is 29.9 Å². The molecule has 3 aromatic rings. The summed E-state index contributed by atoms with van der Waals surface area (Å²) >= 11 is 0. The molecule has 0 aliphatic carbocycles. The largest absolute Gasteiger partial charge is 0.378 e. The Hall–Kier alpha value is -3.01. The quantitative estimate of drug-likeness (QED) is 0.636. The van der Waals surface area contributed by atoms with Crippen LogP contribution >= 0.6 is 0 Å². The Morgan fingerprint density at radius 3 is 2.14 bits per heavy atom. The van der Waals surface area contributed by atoms with E-state index >= 15 is 0 Å². The van der Waals surface area contributed by atoms with Crippen molar-refractivity contribution in [3.05, 3.63) is 24.7 Å². The van der Waals surface area contributed by atoms with E-state index in [9.17, 15) is 0 Å². The van der Waals surface area contributed by atoms with Gasteiger partial charge in [0.05, 0.1) is 24.8 Å². The summed E-state index contributed by atoms with van der Waals surface area (Å²) in [7, 11) is 1.90. The highest BCUT2D eigenvalue weighted by atomic mass is 16.5. The molecule has 5 rings (SSSR count). The van der Waals surface area contributed by atoms with E-state index in [1.807, 2.05) is 13.2 Å². The molecular formula is C18H23N9O. The second-order valence-electron chi connectivity index (χ2n) is 7.03. The molecule has 0 amide bonds. The van der Waals surface area contributed by atoms with Crippen LogP contribution in [0.5, 0.6) is 0 Å². The summed E-state index contributed by atoms with van der Waals surface area (Å²) < 4.78 is 7.18. The van der Waals surface area contributed by atoms with E-state index in [0.29, 0.717) is 0 Å². The van der Waals surface area contributed by atoms with E-state index in [-0.39, 0.29) is 0 Å². The topological polar surface area (TPSA) is 88.3 Å². The maximum atomic E-state index is 5.40. The average Bonchev–Trinajstić information content (AvgIpc) is 3.16. The molecule has 0 atom stereocenters. The second kappa shape index (κ2) is 7.19. The van der Waals surface area contributed by atoms with Crippen LogP contribution in [0, 0.1) is 0 Å². The maximum absolute atomic E-state index is 5.40. The monoisotopic (exact) mass is 381 g/mol. The average molecular weight is 381 g/mol. The molecule has 0 bridgehead atoms. The third-order valence-electron chi connectivity index (χ3n) is 5.38. The van der Waals surface area contributed by atoms with Gasteiger partial charge >= 0.3 is 0 Å². The SMILES string of the molecule is Cn1ncc2c(N3CCN(c4ccc(N5CCOCC5)nn4)CC3)ncnc21. The molecule has 0 saturated carbocycles. The van der Waals surface area contributed by atoms with Gasteiger partial charge in [-0.3, -0.25) is 4.68 Å². The van der Waals surface area contributed by atoms with Gasteiger partial charge in [-0.05, 0) is 12.1 Å². The molecule has 3 aromatic heterocycles. The Morgan fingerprint density at radius 2 is 1.46 bits per heavy atom. The Balaban J connectivity index is 1.26. The lowest BCUT2D eigenvalue weighted by atomic mass is 10.2. The van der Waals surface area contributed by atoms with Gasteiger partial charge in [0, 0.05) is 46.3 Å². The van der Waals surface area contributed by atoms with Gasteiger partial charge < -0.3 is 19.4 Å². The summed E-state index contributed by atoms with van der Waals surface area (Å²) in [5.41, 5.74) is 0.858. The highest BCUT2D eigenvalue weighted by Crippen LogP contribution is 2.24. The van der Waals surface area contributed by atoms with E-state index in [4.69, 9.17) is 4.74 Å². The molecule has 5 heterocycles. The first-order chi connectivity index (χ1) is 13.8. The molecule has 28 heavy (non-hydrogen) atoms. The molecule has 0 aromatic carbocycles. The molecular weight excluding hydrogens is 358 g/mol. The first-order valence-electron chi connectivity index (χ1n) is 9.58. The van der Waals surface area contributed by atoms with Gasteiger partial charge in [-0.2, -0.15) is 5.10 Å². The van der Waals surface area contributed by atoms with E-state index in [2.05, 4.69) is 52.1 Å². The first-order valence-corrected chi connectivity index (χ1v) is 9.58. The van der Waals surface area contributed by atoms with Gasteiger partial charge in [-0.15, -0.1) is 10.2 Å². The standard InChI is InChI=1S/C18H23N9O/c1-24-17-14(12-21-24)18(20-13-19-17)27-6-4-25(5-7-27)15-2-3-16(23-22-15)26-8-10-28-11-9-26/h2-3,12-13H,4-11H2,1H3. The van der Waals surface area contributed by atoms with Crippen molar-refractivity contribution in [1.29, 1.82) is 0 Å². The molecule has 10 nitrogen and oxygen atoms in total. The lowest BCUT2D eigenvalue weighted by Gasteiger charge is -2.36. The molecule has 0 unspecified atom stereocenters. The lowest BCUT2D eigenvalue weighted by Crippen LogP contribution is -2.47. The van der Waals surface area contributed by atoms with Crippen LogP contribution in [0.1, 0.15) is 0 Å². The number of aryl methyl sites for hydroxylation is 1. The van der Waals surface area contributed by atoms with Gasteiger partial charge in [0.25, 0.3) is 0 Å². The smallest absolute Gasteiger partial charge is 0.163 e. The summed E-state index contributed by atoms with van der Waals surface area (Å²) in [5.74, 6) is 2.79. The third kappa shape index (κ3) is 3.09. The minimum Gasteiger partial charge on any atom is -0.378 e. The summed E-state index contributed by atoms with van der Waals surface area (Å²) in [4.78, 5) is 15.6. The molecule has 10 heteroatoms. The number of rotatable bonds is 3. The Morgan fingerprint density at radius 1 is 0.821 bits per heavy atom. The van der Waals surface area contributed by atoms with Crippen molar-refractivity contribution >= 4 is 28.5 Å². The van der Waals surface area contributed by atoms with Crippen LogP contribution in [0.15, 0.2) is 24.7 Å². The molecule has 0 N–H and O–H groups in total.